The molecule has 1 saturated carbocycles. The Morgan fingerprint density at radius 2 is 1.30 bits per heavy atom. The van der Waals surface area contributed by atoms with E-state index >= 15 is 0 Å². The maximum Gasteiger partial charge on any atom is -0.0154 e. The molecule has 1 aliphatic carbocycles. The van der Waals surface area contributed by atoms with E-state index in [1.165, 1.54) is 36.8 Å². The molecule has 0 atom stereocenters. The van der Waals surface area contributed by atoms with Crippen molar-refractivity contribution in [2.75, 3.05) is 0 Å². The van der Waals surface area contributed by atoms with Crippen molar-refractivity contribution in [2.45, 2.75) is 25.7 Å². The molecular weight excluding hydrogens is 256 g/mol. The van der Waals surface area contributed by atoms with Gasteiger partial charge >= 0.3 is 0 Å². The SMILES string of the molecule is Br/C=C1/CCCC/C1=C/Br. The van der Waals surface area contributed by atoms with Gasteiger partial charge in [-0.25, -0.2) is 0 Å². The topological polar surface area (TPSA) is 0 Å². The Morgan fingerprint density at radius 3 is 1.60 bits per heavy atom. The summed E-state index contributed by atoms with van der Waals surface area (Å²) in [6.45, 7) is 0. The van der Waals surface area contributed by atoms with Crippen LogP contribution in [-0.4, -0.2) is 0 Å². The summed E-state index contributed by atoms with van der Waals surface area (Å²) in [5, 5.41) is 0. The van der Waals surface area contributed by atoms with E-state index in [4.69, 9.17) is 0 Å². The van der Waals surface area contributed by atoms with Crippen molar-refractivity contribution in [3.63, 3.8) is 0 Å². The van der Waals surface area contributed by atoms with Gasteiger partial charge in [-0.2, -0.15) is 0 Å². The summed E-state index contributed by atoms with van der Waals surface area (Å²) in [7, 11) is 0. The normalized spacial score (nSPS) is 27.8. The van der Waals surface area contributed by atoms with Crippen LogP contribution in [0.3, 0.4) is 0 Å². The molecule has 0 aliphatic heterocycles. The van der Waals surface area contributed by atoms with Gasteiger partial charge in [0.2, 0.25) is 0 Å². The number of hydrogen-bond donors (Lipinski definition) is 0. The van der Waals surface area contributed by atoms with Crippen molar-refractivity contribution >= 4 is 31.9 Å². The van der Waals surface area contributed by atoms with Gasteiger partial charge in [-0.15, -0.1) is 0 Å². The van der Waals surface area contributed by atoms with Crippen molar-refractivity contribution in [3.8, 4) is 0 Å². The van der Waals surface area contributed by atoms with Crippen molar-refractivity contribution < 1.29 is 0 Å². The Bertz CT molecular complexity index is 148. The third-order valence-electron chi connectivity index (χ3n) is 1.82. The van der Waals surface area contributed by atoms with E-state index in [2.05, 4.69) is 31.9 Å². The first kappa shape index (κ1) is 8.54. The van der Waals surface area contributed by atoms with E-state index in [0.717, 1.165) is 0 Å². The third kappa shape index (κ3) is 1.96. The molecule has 0 unspecified atom stereocenters. The maximum atomic E-state index is 3.37. The predicted molar refractivity (Wildman–Crippen MR) is 52.5 cm³/mol. The van der Waals surface area contributed by atoms with Crippen molar-refractivity contribution in [1.29, 1.82) is 0 Å². The van der Waals surface area contributed by atoms with Gasteiger partial charge in [0.05, 0.1) is 0 Å². The van der Waals surface area contributed by atoms with E-state index in [1.54, 1.807) is 0 Å². The monoisotopic (exact) mass is 264 g/mol. The molecule has 0 heterocycles. The Morgan fingerprint density at radius 1 is 0.900 bits per heavy atom. The molecule has 0 spiro atoms. The summed E-state index contributed by atoms with van der Waals surface area (Å²) in [5.41, 5.74) is 2.89. The maximum absolute atomic E-state index is 3.37. The number of allylic oxidation sites excluding steroid dienone is 2. The van der Waals surface area contributed by atoms with Crippen LogP contribution in [0.4, 0.5) is 0 Å². The van der Waals surface area contributed by atoms with Gasteiger partial charge in [-0.3, -0.25) is 0 Å². The van der Waals surface area contributed by atoms with Gasteiger partial charge in [0.25, 0.3) is 0 Å². The lowest BCUT2D eigenvalue weighted by molar-refractivity contribution is 0.681. The number of hydrogen-bond acceptors (Lipinski definition) is 0. The summed E-state index contributed by atoms with van der Waals surface area (Å²) in [6.07, 6.45) is 5.12. The van der Waals surface area contributed by atoms with Crippen LogP contribution in [0.25, 0.3) is 0 Å². The van der Waals surface area contributed by atoms with Gasteiger partial charge in [0.15, 0.2) is 0 Å². The van der Waals surface area contributed by atoms with Gasteiger partial charge in [0, 0.05) is 0 Å². The van der Waals surface area contributed by atoms with E-state index in [0.29, 0.717) is 0 Å². The lowest BCUT2D eigenvalue weighted by atomic mass is 9.92. The van der Waals surface area contributed by atoms with E-state index < -0.39 is 0 Å². The molecule has 56 valence electrons. The van der Waals surface area contributed by atoms with Crippen LogP contribution >= 0.6 is 31.9 Å². The summed E-state index contributed by atoms with van der Waals surface area (Å²) >= 11 is 6.74. The molecule has 0 radical (unpaired) electrons. The van der Waals surface area contributed by atoms with Crippen molar-refractivity contribution in [1.82, 2.24) is 0 Å². The van der Waals surface area contributed by atoms with E-state index in [1.807, 2.05) is 9.97 Å². The Hall–Kier alpha value is 0.440. The van der Waals surface area contributed by atoms with Crippen LogP contribution in [0.1, 0.15) is 25.7 Å². The molecule has 0 N–H and O–H groups in total. The molecule has 2 heteroatoms. The molecule has 0 bridgehead atoms. The highest BCUT2D eigenvalue weighted by atomic mass is 79.9. The zero-order valence-corrected chi connectivity index (χ0v) is 8.91. The summed E-state index contributed by atoms with van der Waals surface area (Å²) in [5.74, 6) is 0. The van der Waals surface area contributed by atoms with Crippen molar-refractivity contribution in [2.24, 2.45) is 0 Å². The zero-order chi connectivity index (χ0) is 7.40. The minimum Gasteiger partial charge on any atom is -0.0592 e. The summed E-state index contributed by atoms with van der Waals surface area (Å²) < 4.78 is 0. The fourth-order valence-corrected chi connectivity index (χ4v) is 2.25. The second-order valence-corrected chi connectivity index (χ2v) is 3.39. The second kappa shape index (κ2) is 4.35. The zero-order valence-electron chi connectivity index (χ0n) is 5.74. The fraction of sp³-hybridized carbons (Fsp3) is 0.500. The van der Waals surface area contributed by atoms with E-state index in [9.17, 15) is 0 Å². The van der Waals surface area contributed by atoms with Gasteiger partial charge < -0.3 is 0 Å². The van der Waals surface area contributed by atoms with Crippen LogP contribution in [0, 0.1) is 0 Å². The Balaban J connectivity index is 2.69. The molecule has 10 heavy (non-hydrogen) atoms. The van der Waals surface area contributed by atoms with Gasteiger partial charge in [-0.1, -0.05) is 31.9 Å². The number of rotatable bonds is 0. The first-order chi connectivity index (χ1) is 4.88. The van der Waals surface area contributed by atoms with Crippen LogP contribution in [0.15, 0.2) is 21.1 Å². The molecule has 0 aromatic heterocycles. The Labute approximate surface area is 78.6 Å². The molecule has 1 fully saturated rings. The van der Waals surface area contributed by atoms with Crippen LogP contribution in [-0.2, 0) is 0 Å². The molecule has 0 aromatic rings. The lowest BCUT2D eigenvalue weighted by Gasteiger charge is -2.15. The smallest absolute Gasteiger partial charge is 0.0154 e. The molecule has 0 amide bonds. The number of halogens is 2. The van der Waals surface area contributed by atoms with Gasteiger partial charge in [-0.05, 0) is 46.8 Å². The average Bonchev–Trinajstić information content (AvgIpc) is 2.04. The van der Waals surface area contributed by atoms with Crippen LogP contribution in [0.5, 0.6) is 0 Å². The van der Waals surface area contributed by atoms with Crippen molar-refractivity contribution in [3.05, 3.63) is 21.1 Å². The highest BCUT2D eigenvalue weighted by Crippen LogP contribution is 2.29. The summed E-state index contributed by atoms with van der Waals surface area (Å²) in [6, 6.07) is 0. The first-order valence-electron chi connectivity index (χ1n) is 3.47. The molecule has 1 aliphatic rings. The molecular formula is C8H10Br2. The fourth-order valence-electron chi connectivity index (χ4n) is 1.20. The first-order valence-corrected chi connectivity index (χ1v) is 5.30. The largest absolute Gasteiger partial charge is 0.0592 e. The standard InChI is InChI=1S/C8H10Br2/c9-5-7-3-1-2-4-8(7)6-10/h5-6H,1-4H2/b7-5-,8-6-. The van der Waals surface area contributed by atoms with Crippen LogP contribution in [0.2, 0.25) is 0 Å². The minimum atomic E-state index is 1.22. The van der Waals surface area contributed by atoms with Crippen LogP contribution < -0.4 is 0 Å². The highest BCUT2D eigenvalue weighted by Gasteiger charge is 2.09. The summed E-state index contributed by atoms with van der Waals surface area (Å²) in [4.78, 5) is 4.08. The Kier molecular flexibility index (Phi) is 3.71. The second-order valence-electron chi connectivity index (χ2n) is 2.48. The quantitative estimate of drug-likeness (QED) is 0.618. The molecule has 0 nitrogen and oxygen atoms in total. The lowest BCUT2D eigenvalue weighted by Crippen LogP contribution is -1.96. The van der Waals surface area contributed by atoms with Gasteiger partial charge in [0.1, 0.15) is 0 Å². The predicted octanol–water partition coefficient (Wildman–Crippen LogP) is 4.12. The third-order valence-corrected chi connectivity index (χ3v) is 2.92. The molecule has 0 saturated heterocycles. The molecule has 1 rings (SSSR count). The molecule has 0 aromatic carbocycles. The average molecular weight is 266 g/mol. The minimum absolute atomic E-state index is 1.22. The van der Waals surface area contributed by atoms with E-state index in [-0.39, 0.29) is 0 Å². The highest BCUT2D eigenvalue weighted by molar-refractivity contribution is 9.11.